The van der Waals surface area contributed by atoms with Gasteiger partial charge in [0.15, 0.2) is 17.3 Å². The van der Waals surface area contributed by atoms with Crippen molar-refractivity contribution in [1.29, 1.82) is 0 Å². The van der Waals surface area contributed by atoms with E-state index in [-0.39, 0.29) is 11.3 Å². The van der Waals surface area contributed by atoms with Crippen LogP contribution in [-0.2, 0) is 0 Å². The highest BCUT2D eigenvalue weighted by molar-refractivity contribution is 6.34. The standard InChI is InChI=1S/C11H14ClNO3/c1-6(13)10(14)9-7(12)4-5-8(15-2)11(9)16-3/h4-6H,13H2,1-3H3. The molecule has 88 valence electrons. The molecule has 16 heavy (non-hydrogen) atoms. The molecule has 0 heterocycles. The topological polar surface area (TPSA) is 61.5 Å². The van der Waals surface area contributed by atoms with E-state index in [0.717, 1.165) is 0 Å². The fraction of sp³-hybridized carbons (Fsp3) is 0.364. The zero-order valence-corrected chi connectivity index (χ0v) is 10.2. The first kappa shape index (κ1) is 12.8. The van der Waals surface area contributed by atoms with Crippen LogP contribution in [0.15, 0.2) is 12.1 Å². The normalized spacial score (nSPS) is 12.1. The van der Waals surface area contributed by atoms with Crippen molar-refractivity contribution < 1.29 is 14.3 Å². The number of ketones is 1. The van der Waals surface area contributed by atoms with Gasteiger partial charge in [-0.1, -0.05) is 11.6 Å². The molecule has 0 saturated carbocycles. The van der Waals surface area contributed by atoms with Crippen molar-refractivity contribution in [3.63, 3.8) is 0 Å². The van der Waals surface area contributed by atoms with Crippen LogP contribution >= 0.6 is 11.6 Å². The molecule has 5 heteroatoms. The molecule has 0 radical (unpaired) electrons. The van der Waals surface area contributed by atoms with E-state index in [2.05, 4.69) is 0 Å². The van der Waals surface area contributed by atoms with Gasteiger partial charge in [0.2, 0.25) is 0 Å². The van der Waals surface area contributed by atoms with Gasteiger partial charge in [-0.3, -0.25) is 4.79 Å². The average molecular weight is 244 g/mol. The number of rotatable bonds is 4. The number of carbonyl (C=O) groups is 1. The third kappa shape index (κ3) is 2.28. The summed E-state index contributed by atoms with van der Waals surface area (Å²) in [6, 6.07) is 2.58. The number of hydrogen-bond donors (Lipinski definition) is 1. The lowest BCUT2D eigenvalue weighted by atomic mass is 10.0. The molecule has 0 aliphatic heterocycles. The summed E-state index contributed by atoms with van der Waals surface area (Å²) in [4.78, 5) is 11.9. The van der Waals surface area contributed by atoms with Gasteiger partial charge < -0.3 is 15.2 Å². The number of carbonyl (C=O) groups excluding carboxylic acids is 1. The van der Waals surface area contributed by atoms with Crippen LogP contribution in [-0.4, -0.2) is 26.0 Å². The molecule has 1 aromatic carbocycles. The highest BCUT2D eigenvalue weighted by Gasteiger charge is 2.22. The third-order valence-corrected chi connectivity index (χ3v) is 2.47. The minimum atomic E-state index is -0.640. The van der Waals surface area contributed by atoms with Gasteiger partial charge in [-0.15, -0.1) is 0 Å². The second kappa shape index (κ2) is 5.18. The lowest BCUT2D eigenvalue weighted by molar-refractivity contribution is 0.0964. The monoisotopic (exact) mass is 243 g/mol. The van der Waals surface area contributed by atoms with E-state index in [9.17, 15) is 4.79 Å². The van der Waals surface area contributed by atoms with E-state index in [1.807, 2.05) is 0 Å². The molecule has 0 bridgehead atoms. The smallest absolute Gasteiger partial charge is 0.184 e. The van der Waals surface area contributed by atoms with Crippen molar-refractivity contribution in [2.75, 3.05) is 14.2 Å². The van der Waals surface area contributed by atoms with E-state index in [0.29, 0.717) is 16.5 Å². The largest absolute Gasteiger partial charge is 0.493 e. The van der Waals surface area contributed by atoms with E-state index in [1.54, 1.807) is 19.1 Å². The van der Waals surface area contributed by atoms with E-state index < -0.39 is 6.04 Å². The molecule has 0 aliphatic rings. The quantitative estimate of drug-likeness (QED) is 0.821. The van der Waals surface area contributed by atoms with Crippen LogP contribution in [0.4, 0.5) is 0 Å². The second-order valence-corrected chi connectivity index (χ2v) is 3.72. The Morgan fingerprint density at radius 3 is 2.44 bits per heavy atom. The summed E-state index contributed by atoms with van der Waals surface area (Å²) in [7, 11) is 2.94. The lowest BCUT2D eigenvalue weighted by Crippen LogP contribution is -2.27. The summed E-state index contributed by atoms with van der Waals surface area (Å²) in [5, 5.41) is 0.306. The van der Waals surface area contributed by atoms with Gasteiger partial charge >= 0.3 is 0 Å². The van der Waals surface area contributed by atoms with Crippen LogP contribution in [0.3, 0.4) is 0 Å². The van der Waals surface area contributed by atoms with Crippen molar-refractivity contribution in [2.24, 2.45) is 5.73 Å². The summed E-state index contributed by atoms with van der Waals surface area (Å²) in [5.74, 6) is 0.494. The Morgan fingerprint density at radius 1 is 1.38 bits per heavy atom. The first-order valence-electron chi connectivity index (χ1n) is 4.73. The lowest BCUT2D eigenvalue weighted by Gasteiger charge is -2.14. The molecule has 0 spiro atoms. The van der Waals surface area contributed by atoms with Gasteiger partial charge in [-0.25, -0.2) is 0 Å². The minimum Gasteiger partial charge on any atom is -0.493 e. The minimum absolute atomic E-state index is 0.263. The maximum atomic E-state index is 11.9. The molecular weight excluding hydrogens is 230 g/mol. The van der Waals surface area contributed by atoms with Crippen molar-refractivity contribution in [1.82, 2.24) is 0 Å². The maximum absolute atomic E-state index is 11.9. The molecule has 0 saturated heterocycles. The molecule has 1 unspecified atom stereocenters. The molecule has 1 rings (SSSR count). The van der Waals surface area contributed by atoms with Gasteiger partial charge in [-0.05, 0) is 19.1 Å². The van der Waals surface area contributed by atoms with Crippen LogP contribution in [0.5, 0.6) is 11.5 Å². The number of Topliss-reactive ketones (excluding diaryl/α,β-unsaturated/α-hetero) is 1. The predicted octanol–water partition coefficient (Wildman–Crippen LogP) is 1.89. The molecule has 0 fully saturated rings. The van der Waals surface area contributed by atoms with E-state index in [4.69, 9.17) is 26.8 Å². The Labute approximate surface area is 99.3 Å². The number of nitrogens with two attached hydrogens (primary N) is 1. The molecule has 1 aromatic rings. The first-order valence-corrected chi connectivity index (χ1v) is 5.11. The van der Waals surface area contributed by atoms with Crippen LogP contribution in [0.25, 0.3) is 0 Å². The van der Waals surface area contributed by atoms with Crippen molar-refractivity contribution >= 4 is 17.4 Å². The molecule has 0 aromatic heterocycles. The van der Waals surface area contributed by atoms with Crippen LogP contribution in [0.2, 0.25) is 5.02 Å². The van der Waals surface area contributed by atoms with Crippen molar-refractivity contribution in [3.8, 4) is 11.5 Å². The molecule has 0 aliphatic carbocycles. The van der Waals surface area contributed by atoms with Gasteiger partial charge in [-0.2, -0.15) is 0 Å². The fourth-order valence-electron chi connectivity index (χ4n) is 1.36. The molecule has 2 N–H and O–H groups in total. The van der Waals surface area contributed by atoms with Crippen LogP contribution < -0.4 is 15.2 Å². The number of methoxy groups -OCH3 is 2. The van der Waals surface area contributed by atoms with Crippen LogP contribution in [0, 0.1) is 0 Å². The maximum Gasteiger partial charge on any atom is 0.184 e. The number of halogens is 1. The van der Waals surface area contributed by atoms with E-state index in [1.165, 1.54) is 14.2 Å². The summed E-state index contributed by atoms with van der Waals surface area (Å²) < 4.78 is 10.2. The van der Waals surface area contributed by atoms with E-state index >= 15 is 0 Å². The second-order valence-electron chi connectivity index (χ2n) is 3.31. The zero-order valence-electron chi connectivity index (χ0n) is 9.41. The summed E-state index contributed by atoms with van der Waals surface area (Å²) in [6.07, 6.45) is 0. The predicted molar refractivity (Wildman–Crippen MR) is 62.5 cm³/mol. The Hall–Kier alpha value is -1.26. The average Bonchev–Trinajstić information content (AvgIpc) is 2.27. The Kier molecular flexibility index (Phi) is 4.15. The number of benzene rings is 1. The summed E-state index contributed by atoms with van der Waals surface area (Å²) in [5.41, 5.74) is 5.81. The number of ether oxygens (including phenoxy) is 2. The van der Waals surface area contributed by atoms with Gasteiger partial charge in [0.05, 0.1) is 30.8 Å². The third-order valence-electron chi connectivity index (χ3n) is 2.15. The molecular formula is C11H14ClNO3. The van der Waals surface area contributed by atoms with Crippen molar-refractivity contribution in [3.05, 3.63) is 22.7 Å². The Morgan fingerprint density at radius 2 is 2.00 bits per heavy atom. The Bertz CT molecular complexity index is 404. The molecule has 1 atom stereocenters. The van der Waals surface area contributed by atoms with Crippen molar-refractivity contribution in [2.45, 2.75) is 13.0 Å². The Balaban J connectivity index is 3.40. The van der Waals surface area contributed by atoms with Crippen LogP contribution in [0.1, 0.15) is 17.3 Å². The SMILES string of the molecule is COc1ccc(Cl)c(C(=O)C(C)N)c1OC. The fourth-order valence-corrected chi connectivity index (χ4v) is 1.60. The first-order chi connectivity index (χ1) is 7.52. The summed E-state index contributed by atoms with van der Waals surface area (Å²) in [6.45, 7) is 1.59. The van der Waals surface area contributed by atoms with Gasteiger partial charge in [0.25, 0.3) is 0 Å². The van der Waals surface area contributed by atoms with Gasteiger partial charge in [0.1, 0.15) is 0 Å². The molecule has 0 amide bonds. The summed E-state index contributed by atoms with van der Waals surface area (Å²) >= 11 is 5.96. The number of hydrogen-bond acceptors (Lipinski definition) is 4. The highest BCUT2D eigenvalue weighted by atomic mass is 35.5. The van der Waals surface area contributed by atoms with Gasteiger partial charge in [0, 0.05) is 0 Å². The zero-order chi connectivity index (χ0) is 12.3. The molecule has 4 nitrogen and oxygen atoms in total. The highest BCUT2D eigenvalue weighted by Crippen LogP contribution is 2.36.